The first-order chi connectivity index (χ1) is 16.2. The van der Waals surface area contributed by atoms with E-state index in [4.69, 9.17) is 0 Å². The number of alkyl halides is 1. The molecule has 9 nitrogen and oxygen atoms in total. The standard InChI is InChI=1S/C25H40FN5O4/c1-7-13(2)17(28-22(35)25(26)8-9-25)21(34)31-12-15-16(24(15,5)6)18(31)20(33)30-27-11-14-10-23(3,4)29-19(14)32/h13-18,27H,7-12H2,1-6H3,(H,28,35)(H,29,32)(H,30,33)/t13-,14+,15-,16-,17-,18-/m0/s1. The average molecular weight is 494 g/mol. The van der Waals surface area contributed by atoms with Crippen molar-refractivity contribution < 1.29 is 23.6 Å². The summed E-state index contributed by atoms with van der Waals surface area (Å²) in [7, 11) is 0. The van der Waals surface area contributed by atoms with Gasteiger partial charge in [-0.2, -0.15) is 0 Å². The number of rotatable bonds is 9. The molecular formula is C25H40FN5O4. The molecule has 0 spiro atoms. The quantitative estimate of drug-likeness (QED) is 0.358. The zero-order valence-corrected chi connectivity index (χ0v) is 21.7. The number of nitrogens with zero attached hydrogens (tertiary/aromatic N) is 1. The third kappa shape index (κ3) is 4.78. The Hall–Kier alpha value is -2.23. The van der Waals surface area contributed by atoms with Crippen LogP contribution < -0.4 is 21.5 Å². The number of hydrogen-bond donors (Lipinski definition) is 4. The molecule has 4 fully saturated rings. The van der Waals surface area contributed by atoms with Crippen LogP contribution in [0.2, 0.25) is 0 Å². The van der Waals surface area contributed by atoms with Crippen molar-refractivity contribution >= 4 is 23.6 Å². The van der Waals surface area contributed by atoms with Crippen LogP contribution in [0.5, 0.6) is 0 Å². The minimum atomic E-state index is -1.87. The molecule has 35 heavy (non-hydrogen) atoms. The second kappa shape index (κ2) is 8.71. The minimum absolute atomic E-state index is 0.00574. The molecule has 4 N–H and O–H groups in total. The molecule has 0 aromatic carbocycles. The maximum absolute atomic E-state index is 14.3. The Morgan fingerprint density at radius 1 is 1.20 bits per heavy atom. The lowest BCUT2D eigenvalue weighted by atomic mass is 9.95. The van der Waals surface area contributed by atoms with E-state index < -0.39 is 23.7 Å². The van der Waals surface area contributed by atoms with Crippen LogP contribution >= 0.6 is 0 Å². The summed E-state index contributed by atoms with van der Waals surface area (Å²) in [5.74, 6) is -1.71. The number of fused-ring (bicyclic) bond motifs is 1. The summed E-state index contributed by atoms with van der Waals surface area (Å²) in [4.78, 5) is 53.1. The van der Waals surface area contributed by atoms with Crippen LogP contribution in [0.15, 0.2) is 0 Å². The van der Waals surface area contributed by atoms with Crippen molar-refractivity contribution in [3.05, 3.63) is 0 Å². The molecule has 2 aliphatic heterocycles. The van der Waals surface area contributed by atoms with Crippen molar-refractivity contribution in [2.45, 2.75) is 90.5 Å². The van der Waals surface area contributed by atoms with Crippen LogP contribution in [-0.4, -0.2) is 64.9 Å². The number of hydrogen-bond acceptors (Lipinski definition) is 5. The fraction of sp³-hybridized carbons (Fsp3) is 0.840. The Bertz CT molecular complexity index is 918. The summed E-state index contributed by atoms with van der Waals surface area (Å²) in [5.41, 5.74) is 3.41. The summed E-state index contributed by atoms with van der Waals surface area (Å²) in [6.07, 6.45) is 1.64. The molecule has 0 bridgehead atoms. The Morgan fingerprint density at radius 2 is 1.86 bits per heavy atom. The molecule has 2 saturated heterocycles. The summed E-state index contributed by atoms with van der Waals surface area (Å²) < 4.78 is 14.3. The molecule has 196 valence electrons. The van der Waals surface area contributed by atoms with Gasteiger partial charge in [-0.25, -0.2) is 9.82 Å². The van der Waals surface area contributed by atoms with Gasteiger partial charge in [-0.15, -0.1) is 0 Å². The van der Waals surface area contributed by atoms with Crippen molar-refractivity contribution in [3.63, 3.8) is 0 Å². The SMILES string of the molecule is CC[C@H](C)[C@H](NC(=O)C1(F)CC1)C(=O)N1C[C@H]2[C@@H]([C@H]1C(=O)NNC[C@H]1CC(C)(C)NC1=O)C2(C)C. The normalized spacial score (nSPS) is 32.8. The fourth-order valence-electron chi connectivity index (χ4n) is 5.98. The minimum Gasteiger partial charge on any atom is -0.351 e. The van der Waals surface area contributed by atoms with E-state index >= 15 is 0 Å². The number of halogens is 1. The molecule has 4 amide bonds. The monoisotopic (exact) mass is 493 g/mol. The van der Waals surface area contributed by atoms with Crippen LogP contribution in [-0.2, 0) is 19.2 Å². The lowest BCUT2D eigenvalue weighted by Gasteiger charge is -2.35. The van der Waals surface area contributed by atoms with Gasteiger partial charge in [-0.1, -0.05) is 34.1 Å². The number of carbonyl (C=O) groups is 4. The van der Waals surface area contributed by atoms with E-state index in [1.54, 1.807) is 4.90 Å². The lowest BCUT2D eigenvalue weighted by Crippen LogP contribution is -2.59. The number of piperidine rings is 1. The first-order valence-corrected chi connectivity index (χ1v) is 12.9. The number of carbonyl (C=O) groups excluding carboxylic acids is 4. The van der Waals surface area contributed by atoms with E-state index in [0.29, 0.717) is 25.9 Å². The molecule has 0 aromatic heterocycles. The molecule has 2 heterocycles. The van der Waals surface area contributed by atoms with Crippen LogP contribution in [0.3, 0.4) is 0 Å². The van der Waals surface area contributed by atoms with E-state index in [2.05, 4.69) is 35.3 Å². The number of amides is 4. The predicted octanol–water partition coefficient (Wildman–Crippen LogP) is 1.04. The first-order valence-electron chi connectivity index (χ1n) is 12.9. The van der Waals surface area contributed by atoms with Gasteiger partial charge in [0, 0.05) is 18.6 Å². The Balaban J connectivity index is 1.43. The summed E-state index contributed by atoms with van der Waals surface area (Å²) in [5, 5.41) is 5.59. The average Bonchev–Trinajstić information content (AvgIpc) is 3.51. The van der Waals surface area contributed by atoms with E-state index in [9.17, 15) is 23.6 Å². The smallest absolute Gasteiger partial charge is 0.258 e. The van der Waals surface area contributed by atoms with Gasteiger partial charge in [-0.05, 0) is 56.3 Å². The van der Waals surface area contributed by atoms with Gasteiger partial charge in [0.15, 0.2) is 5.67 Å². The van der Waals surface area contributed by atoms with Crippen molar-refractivity contribution in [2.75, 3.05) is 13.1 Å². The molecule has 4 rings (SSSR count). The zero-order valence-electron chi connectivity index (χ0n) is 21.7. The Morgan fingerprint density at radius 3 is 2.40 bits per heavy atom. The van der Waals surface area contributed by atoms with Gasteiger partial charge in [0.2, 0.25) is 11.8 Å². The van der Waals surface area contributed by atoms with Gasteiger partial charge in [0.05, 0.1) is 5.92 Å². The highest BCUT2D eigenvalue weighted by Crippen LogP contribution is 2.65. The largest absolute Gasteiger partial charge is 0.351 e. The zero-order chi connectivity index (χ0) is 25.9. The topological polar surface area (TPSA) is 120 Å². The molecule has 2 aliphatic carbocycles. The molecular weight excluding hydrogens is 453 g/mol. The third-order valence-corrected chi connectivity index (χ3v) is 8.77. The van der Waals surface area contributed by atoms with E-state index in [-0.39, 0.29) is 65.2 Å². The highest BCUT2D eigenvalue weighted by atomic mass is 19.1. The molecule has 0 radical (unpaired) electrons. The van der Waals surface area contributed by atoms with Crippen molar-refractivity contribution in [1.29, 1.82) is 0 Å². The van der Waals surface area contributed by atoms with Crippen LogP contribution in [0.4, 0.5) is 4.39 Å². The van der Waals surface area contributed by atoms with Gasteiger partial charge in [0.1, 0.15) is 12.1 Å². The van der Waals surface area contributed by atoms with Crippen molar-refractivity contribution in [2.24, 2.45) is 29.1 Å². The van der Waals surface area contributed by atoms with E-state index in [1.165, 1.54) is 0 Å². The van der Waals surface area contributed by atoms with Gasteiger partial charge in [0.25, 0.3) is 11.8 Å². The third-order valence-electron chi connectivity index (χ3n) is 8.77. The van der Waals surface area contributed by atoms with Crippen LogP contribution in [0.1, 0.15) is 67.2 Å². The van der Waals surface area contributed by atoms with Gasteiger partial charge < -0.3 is 15.5 Å². The summed E-state index contributed by atoms with van der Waals surface area (Å²) >= 11 is 0. The highest BCUT2D eigenvalue weighted by molar-refractivity contribution is 5.96. The second-order valence-electron chi connectivity index (χ2n) is 12.3. The van der Waals surface area contributed by atoms with E-state index in [1.807, 2.05) is 27.7 Å². The first kappa shape index (κ1) is 25.9. The van der Waals surface area contributed by atoms with E-state index in [0.717, 1.165) is 0 Å². The van der Waals surface area contributed by atoms with Crippen LogP contribution in [0, 0.1) is 29.1 Å². The van der Waals surface area contributed by atoms with Gasteiger partial charge >= 0.3 is 0 Å². The van der Waals surface area contributed by atoms with Gasteiger partial charge in [-0.3, -0.25) is 24.6 Å². The van der Waals surface area contributed by atoms with Crippen molar-refractivity contribution in [1.82, 2.24) is 26.4 Å². The maximum atomic E-state index is 14.3. The molecule has 2 saturated carbocycles. The predicted molar refractivity (Wildman–Crippen MR) is 127 cm³/mol. The molecule has 4 aliphatic rings. The molecule has 10 heteroatoms. The Labute approximate surface area is 206 Å². The number of likely N-dealkylation sites (tertiary alicyclic amines) is 1. The highest BCUT2D eigenvalue weighted by Gasteiger charge is 2.69. The molecule has 6 atom stereocenters. The summed E-state index contributed by atoms with van der Waals surface area (Å²) in [6, 6.07) is -1.57. The molecule has 0 unspecified atom stereocenters. The second-order valence-corrected chi connectivity index (χ2v) is 12.3. The lowest BCUT2D eigenvalue weighted by molar-refractivity contribution is -0.145. The molecule has 0 aromatic rings. The number of nitrogens with one attached hydrogen (secondary N) is 4. The Kier molecular flexibility index (Phi) is 6.43. The summed E-state index contributed by atoms with van der Waals surface area (Å²) in [6.45, 7) is 12.6. The van der Waals surface area contributed by atoms with Crippen molar-refractivity contribution in [3.8, 4) is 0 Å². The fourth-order valence-corrected chi connectivity index (χ4v) is 5.98. The number of hydrazine groups is 1. The van der Waals surface area contributed by atoms with Crippen LogP contribution in [0.25, 0.3) is 0 Å². The maximum Gasteiger partial charge on any atom is 0.258 e.